The summed E-state index contributed by atoms with van der Waals surface area (Å²) in [5, 5.41) is 10.1. The monoisotopic (exact) mass is 493 g/mol. The molecule has 4 rings (SSSR count). The number of hydrogen-bond donors (Lipinski definition) is 1. The lowest BCUT2D eigenvalue weighted by Gasteiger charge is -2.14. The first-order chi connectivity index (χ1) is 16.5. The summed E-state index contributed by atoms with van der Waals surface area (Å²) in [6.45, 7) is 0.468. The maximum absolute atomic E-state index is 13.8. The minimum absolute atomic E-state index is 0.0626. The summed E-state index contributed by atoms with van der Waals surface area (Å²) in [6.07, 6.45) is -5.67. The summed E-state index contributed by atoms with van der Waals surface area (Å²) < 4.78 is 82.5. The molecule has 0 fully saturated rings. The molecule has 0 aliphatic heterocycles. The second-order valence-corrected chi connectivity index (χ2v) is 7.57. The predicted octanol–water partition coefficient (Wildman–Crippen LogP) is 5.08. The molecule has 1 N–H and O–H groups in total. The Hall–Kier alpha value is -4.09. The highest BCUT2D eigenvalue weighted by Crippen LogP contribution is 2.35. The van der Waals surface area contributed by atoms with E-state index in [2.05, 4.69) is 15.5 Å². The Morgan fingerprint density at radius 2 is 1.60 bits per heavy atom. The predicted molar refractivity (Wildman–Crippen MR) is 113 cm³/mol. The molecule has 1 amide bonds. The molecule has 0 radical (unpaired) electrons. The molecule has 0 bridgehead atoms. The van der Waals surface area contributed by atoms with E-state index >= 15 is 0 Å². The van der Waals surface area contributed by atoms with E-state index in [1.807, 2.05) is 0 Å². The average Bonchev–Trinajstić information content (AvgIpc) is 3.48. The van der Waals surface area contributed by atoms with Gasteiger partial charge in [-0.05, 0) is 35.4 Å². The van der Waals surface area contributed by atoms with Gasteiger partial charge in [0.2, 0.25) is 0 Å². The van der Waals surface area contributed by atoms with E-state index < -0.39 is 40.8 Å². The van der Waals surface area contributed by atoms with Crippen LogP contribution in [0.15, 0.2) is 73.2 Å². The lowest BCUT2D eigenvalue weighted by atomic mass is 10.1. The van der Waals surface area contributed by atoms with Crippen molar-refractivity contribution >= 4 is 5.91 Å². The minimum Gasteiger partial charge on any atom is -0.348 e. The number of nitrogens with zero attached hydrogens (tertiary/aromatic N) is 4. The first kappa shape index (κ1) is 24.0. The van der Waals surface area contributed by atoms with Gasteiger partial charge >= 0.3 is 12.4 Å². The zero-order valence-corrected chi connectivity index (χ0v) is 17.8. The van der Waals surface area contributed by atoms with E-state index in [1.165, 1.54) is 0 Å². The van der Waals surface area contributed by atoms with Crippen LogP contribution in [0, 0.1) is 0 Å². The molecule has 0 saturated heterocycles. The Kier molecular flexibility index (Phi) is 6.37. The number of nitrogens with one attached hydrogen (secondary N) is 1. The molecule has 182 valence electrons. The summed E-state index contributed by atoms with van der Waals surface area (Å²) in [7, 11) is 0. The third kappa shape index (κ3) is 5.53. The molecule has 2 heterocycles. The normalized spacial score (nSPS) is 12.1. The van der Waals surface area contributed by atoms with E-state index in [1.54, 1.807) is 47.4 Å². The summed E-state index contributed by atoms with van der Waals surface area (Å²) in [5.74, 6) is -1.06. The van der Waals surface area contributed by atoms with Gasteiger partial charge in [0.1, 0.15) is 0 Å². The number of aromatic nitrogens is 4. The van der Waals surface area contributed by atoms with Gasteiger partial charge in [-0.15, -0.1) is 0 Å². The van der Waals surface area contributed by atoms with Crippen LogP contribution in [-0.2, 0) is 25.4 Å². The third-order valence-electron chi connectivity index (χ3n) is 5.08. The van der Waals surface area contributed by atoms with Gasteiger partial charge in [0.15, 0.2) is 5.69 Å². The van der Waals surface area contributed by atoms with E-state index in [0.717, 1.165) is 23.8 Å². The molecule has 2 aromatic carbocycles. The van der Waals surface area contributed by atoms with Crippen LogP contribution in [0.25, 0.3) is 5.69 Å². The Morgan fingerprint density at radius 3 is 2.23 bits per heavy atom. The molecular formula is C23H17F6N5O. The van der Waals surface area contributed by atoms with E-state index in [-0.39, 0.29) is 11.2 Å². The molecular weight excluding hydrogens is 476 g/mol. The van der Waals surface area contributed by atoms with Crippen LogP contribution in [-0.4, -0.2) is 25.5 Å². The number of carbonyl (C=O) groups excluding carboxylic acids is 1. The molecule has 35 heavy (non-hydrogen) atoms. The zero-order chi connectivity index (χ0) is 25.2. The zero-order valence-electron chi connectivity index (χ0n) is 17.8. The Morgan fingerprint density at radius 1 is 0.886 bits per heavy atom. The molecule has 12 heteroatoms. The van der Waals surface area contributed by atoms with Crippen molar-refractivity contribution in [1.82, 2.24) is 24.9 Å². The molecule has 0 aliphatic rings. The largest absolute Gasteiger partial charge is 0.434 e. The van der Waals surface area contributed by atoms with Crippen molar-refractivity contribution in [2.24, 2.45) is 0 Å². The maximum atomic E-state index is 13.8. The van der Waals surface area contributed by atoms with Crippen molar-refractivity contribution in [2.75, 3.05) is 0 Å². The SMILES string of the molecule is O=C(NCc1ccc(Cn2cccn2)cc1)c1cnn(-c2cccc(C(F)(F)F)c2)c1C(F)(F)F. The van der Waals surface area contributed by atoms with Crippen LogP contribution in [0.2, 0.25) is 0 Å². The van der Waals surface area contributed by atoms with Gasteiger partial charge in [0, 0.05) is 18.9 Å². The first-order valence-electron chi connectivity index (χ1n) is 10.2. The molecule has 0 atom stereocenters. The standard InChI is InChI=1S/C23H17F6N5O/c24-22(25,26)17-3-1-4-18(11-17)34-20(23(27,28)29)19(13-32-34)21(35)30-12-15-5-7-16(8-6-15)14-33-10-2-9-31-33/h1-11,13H,12,14H2,(H,30,35). The van der Waals surface area contributed by atoms with Gasteiger partial charge in [-0.1, -0.05) is 30.3 Å². The van der Waals surface area contributed by atoms with Crippen LogP contribution >= 0.6 is 0 Å². The van der Waals surface area contributed by atoms with Gasteiger partial charge < -0.3 is 5.32 Å². The number of hydrogen-bond acceptors (Lipinski definition) is 3. The maximum Gasteiger partial charge on any atom is 0.434 e. The summed E-state index contributed by atoms with van der Waals surface area (Å²) in [5.41, 5.74) is -2.30. The van der Waals surface area contributed by atoms with Crippen LogP contribution in [0.5, 0.6) is 0 Å². The number of amides is 1. The van der Waals surface area contributed by atoms with E-state index in [9.17, 15) is 31.1 Å². The molecule has 6 nitrogen and oxygen atoms in total. The quantitative estimate of drug-likeness (QED) is 0.381. The van der Waals surface area contributed by atoms with Crippen molar-refractivity contribution in [3.05, 3.63) is 101 Å². The average molecular weight is 493 g/mol. The molecule has 4 aromatic rings. The Balaban J connectivity index is 1.53. The summed E-state index contributed by atoms with van der Waals surface area (Å²) >= 11 is 0. The topological polar surface area (TPSA) is 64.7 Å². The molecule has 0 saturated carbocycles. The minimum atomic E-state index is -5.05. The number of halogens is 6. The van der Waals surface area contributed by atoms with Crippen molar-refractivity contribution in [2.45, 2.75) is 25.4 Å². The number of alkyl halides is 6. The molecule has 0 spiro atoms. The van der Waals surface area contributed by atoms with Crippen LogP contribution in [0.4, 0.5) is 26.3 Å². The Bertz CT molecular complexity index is 1310. The van der Waals surface area contributed by atoms with Crippen LogP contribution < -0.4 is 5.32 Å². The van der Waals surface area contributed by atoms with Crippen molar-refractivity contribution in [3.8, 4) is 5.69 Å². The fourth-order valence-electron chi connectivity index (χ4n) is 3.42. The smallest absolute Gasteiger partial charge is 0.348 e. The highest BCUT2D eigenvalue weighted by molar-refractivity contribution is 5.95. The number of rotatable bonds is 6. The fraction of sp³-hybridized carbons (Fsp3) is 0.174. The lowest BCUT2D eigenvalue weighted by molar-refractivity contribution is -0.143. The van der Waals surface area contributed by atoms with Gasteiger partial charge in [0.25, 0.3) is 5.91 Å². The van der Waals surface area contributed by atoms with Crippen molar-refractivity contribution in [1.29, 1.82) is 0 Å². The van der Waals surface area contributed by atoms with E-state index in [4.69, 9.17) is 0 Å². The molecule has 0 unspecified atom stereocenters. The summed E-state index contributed by atoms with van der Waals surface area (Å²) in [6, 6.07) is 12.1. The third-order valence-corrected chi connectivity index (χ3v) is 5.08. The Labute approximate surface area is 194 Å². The van der Waals surface area contributed by atoms with Crippen molar-refractivity contribution < 1.29 is 31.1 Å². The summed E-state index contributed by atoms with van der Waals surface area (Å²) in [4.78, 5) is 12.6. The fourth-order valence-corrected chi connectivity index (χ4v) is 3.42. The first-order valence-corrected chi connectivity index (χ1v) is 10.2. The highest BCUT2D eigenvalue weighted by atomic mass is 19.4. The lowest BCUT2D eigenvalue weighted by Crippen LogP contribution is -2.26. The van der Waals surface area contributed by atoms with Gasteiger partial charge in [0.05, 0.1) is 29.6 Å². The second kappa shape index (κ2) is 9.28. The molecule has 2 aromatic heterocycles. The number of benzene rings is 2. The molecule has 0 aliphatic carbocycles. The van der Waals surface area contributed by atoms with Gasteiger partial charge in [-0.3, -0.25) is 9.48 Å². The van der Waals surface area contributed by atoms with Crippen LogP contribution in [0.3, 0.4) is 0 Å². The number of carbonyl (C=O) groups is 1. The second-order valence-electron chi connectivity index (χ2n) is 7.57. The van der Waals surface area contributed by atoms with E-state index in [0.29, 0.717) is 24.4 Å². The highest BCUT2D eigenvalue weighted by Gasteiger charge is 2.41. The van der Waals surface area contributed by atoms with Gasteiger partial charge in [-0.25, -0.2) is 4.68 Å². The van der Waals surface area contributed by atoms with Crippen LogP contribution in [0.1, 0.15) is 32.7 Å². The van der Waals surface area contributed by atoms with Gasteiger partial charge in [-0.2, -0.15) is 36.5 Å². The van der Waals surface area contributed by atoms with Crippen molar-refractivity contribution in [3.63, 3.8) is 0 Å².